The minimum atomic E-state index is -0.575. The topological polar surface area (TPSA) is 71.6 Å². The summed E-state index contributed by atoms with van der Waals surface area (Å²) in [6.45, 7) is 1.98. The van der Waals surface area contributed by atoms with Crippen LogP contribution in [0.5, 0.6) is 0 Å². The van der Waals surface area contributed by atoms with Crippen LogP contribution in [0, 0.1) is 0 Å². The summed E-state index contributed by atoms with van der Waals surface area (Å²) in [7, 11) is 4.86. The fraction of sp³-hybridized carbons (Fsp3) is 0.579. The number of hydrazine groups is 1. The molecular weight excluding hydrogens is 350 g/mol. The second kappa shape index (κ2) is 10.9. The first-order valence-electron chi connectivity index (χ1n) is 9.16. The molecule has 1 aromatic rings. The van der Waals surface area contributed by atoms with Crippen molar-refractivity contribution >= 4 is 12.0 Å². The minimum absolute atomic E-state index is 0.224. The molecule has 0 radical (unpaired) electrons. The second-order valence-electron chi connectivity index (χ2n) is 6.53. The number of methoxy groups -OCH3 is 1. The lowest BCUT2D eigenvalue weighted by Crippen LogP contribution is -2.60. The summed E-state index contributed by atoms with van der Waals surface area (Å²) in [5.74, 6) is -0.388. The lowest BCUT2D eigenvalue weighted by Gasteiger charge is -2.42. The third kappa shape index (κ3) is 6.20. The summed E-state index contributed by atoms with van der Waals surface area (Å²) in [5.41, 5.74) is 1.03. The lowest BCUT2D eigenvalue weighted by atomic mass is 10.1. The van der Waals surface area contributed by atoms with Gasteiger partial charge in [0.15, 0.2) is 0 Å². The summed E-state index contributed by atoms with van der Waals surface area (Å²) in [4.78, 5) is 36.7. The molecule has 0 spiro atoms. The SMILES string of the molecule is COC(=O)[C@@H]1CCCN(C)N1C(=O)N(C)CCCOOCc1ccccc1. The van der Waals surface area contributed by atoms with E-state index in [-0.39, 0.29) is 12.0 Å². The van der Waals surface area contributed by atoms with Gasteiger partial charge in [-0.25, -0.2) is 29.4 Å². The van der Waals surface area contributed by atoms with Crippen molar-refractivity contribution in [2.24, 2.45) is 0 Å². The van der Waals surface area contributed by atoms with Crippen LogP contribution in [0.4, 0.5) is 4.79 Å². The molecular formula is C19H29N3O5. The monoisotopic (exact) mass is 379 g/mol. The first-order valence-corrected chi connectivity index (χ1v) is 9.16. The molecule has 1 saturated heterocycles. The molecule has 1 aliphatic rings. The van der Waals surface area contributed by atoms with Crippen molar-refractivity contribution in [3.8, 4) is 0 Å². The Morgan fingerprint density at radius 1 is 1.22 bits per heavy atom. The van der Waals surface area contributed by atoms with Gasteiger partial charge in [0.25, 0.3) is 0 Å². The average Bonchev–Trinajstić information content (AvgIpc) is 2.69. The Bertz CT molecular complexity index is 598. The van der Waals surface area contributed by atoms with Crippen LogP contribution < -0.4 is 0 Å². The van der Waals surface area contributed by atoms with E-state index in [1.165, 1.54) is 12.1 Å². The molecule has 150 valence electrons. The number of nitrogens with zero attached hydrogens (tertiary/aromatic N) is 3. The second-order valence-corrected chi connectivity index (χ2v) is 6.53. The molecule has 0 aliphatic carbocycles. The zero-order valence-corrected chi connectivity index (χ0v) is 16.3. The third-order valence-corrected chi connectivity index (χ3v) is 4.49. The van der Waals surface area contributed by atoms with Crippen LogP contribution in [-0.4, -0.2) is 73.9 Å². The number of rotatable bonds is 8. The van der Waals surface area contributed by atoms with Crippen molar-refractivity contribution < 1.29 is 24.1 Å². The van der Waals surface area contributed by atoms with Crippen molar-refractivity contribution in [3.63, 3.8) is 0 Å². The first-order chi connectivity index (χ1) is 13.0. The van der Waals surface area contributed by atoms with Crippen molar-refractivity contribution in [1.29, 1.82) is 0 Å². The predicted molar refractivity (Wildman–Crippen MR) is 99.3 cm³/mol. The summed E-state index contributed by atoms with van der Waals surface area (Å²) < 4.78 is 4.85. The zero-order chi connectivity index (χ0) is 19.6. The molecule has 0 bridgehead atoms. The van der Waals surface area contributed by atoms with E-state index in [9.17, 15) is 9.59 Å². The van der Waals surface area contributed by atoms with E-state index in [0.29, 0.717) is 32.6 Å². The van der Waals surface area contributed by atoms with Gasteiger partial charge < -0.3 is 9.64 Å². The molecule has 0 aromatic heterocycles. The Kier molecular flexibility index (Phi) is 8.50. The fourth-order valence-corrected chi connectivity index (χ4v) is 2.99. The van der Waals surface area contributed by atoms with Gasteiger partial charge in [0.2, 0.25) is 0 Å². The molecule has 1 fully saturated rings. The van der Waals surface area contributed by atoms with Crippen LogP contribution in [0.15, 0.2) is 30.3 Å². The van der Waals surface area contributed by atoms with Crippen LogP contribution in [0.1, 0.15) is 24.8 Å². The summed E-state index contributed by atoms with van der Waals surface area (Å²) in [6.07, 6.45) is 2.07. The van der Waals surface area contributed by atoms with Crippen molar-refractivity contribution in [2.75, 3.05) is 40.9 Å². The van der Waals surface area contributed by atoms with Gasteiger partial charge in [0, 0.05) is 27.2 Å². The van der Waals surface area contributed by atoms with Gasteiger partial charge in [0.05, 0.1) is 13.7 Å². The summed E-state index contributed by atoms with van der Waals surface area (Å²) >= 11 is 0. The number of benzene rings is 1. The quantitative estimate of drug-likeness (QED) is 0.298. The third-order valence-electron chi connectivity index (χ3n) is 4.49. The van der Waals surface area contributed by atoms with Crippen molar-refractivity contribution in [2.45, 2.75) is 31.9 Å². The van der Waals surface area contributed by atoms with Crippen LogP contribution >= 0.6 is 0 Å². The number of ether oxygens (including phenoxy) is 1. The Hall–Kier alpha value is -2.16. The van der Waals surface area contributed by atoms with E-state index in [1.807, 2.05) is 30.3 Å². The van der Waals surface area contributed by atoms with Crippen LogP contribution in [0.2, 0.25) is 0 Å². The maximum Gasteiger partial charge on any atom is 0.335 e. The molecule has 0 saturated carbocycles. The zero-order valence-electron chi connectivity index (χ0n) is 16.3. The number of carbonyl (C=O) groups excluding carboxylic acids is 2. The minimum Gasteiger partial charge on any atom is -0.467 e. The number of urea groups is 1. The molecule has 0 N–H and O–H groups in total. The number of hydrogen-bond acceptors (Lipinski definition) is 6. The molecule has 27 heavy (non-hydrogen) atoms. The summed E-state index contributed by atoms with van der Waals surface area (Å²) in [5, 5.41) is 3.27. The maximum absolute atomic E-state index is 12.8. The van der Waals surface area contributed by atoms with Gasteiger partial charge in [0.1, 0.15) is 12.6 Å². The van der Waals surface area contributed by atoms with Crippen molar-refractivity contribution in [1.82, 2.24) is 14.9 Å². The molecule has 8 nitrogen and oxygen atoms in total. The Morgan fingerprint density at radius 3 is 2.67 bits per heavy atom. The number of carbonyl (C=O) groups is 2. The van der Waals surface area contributed by atoms with Gasteiger partial charge in [-0.05, 0) is 24.8 Å². The van der Waals surface area contributed by atoms with Gasteiger partial charge in [-0.2, -0.15) is 0 Å². The van der Waals surface area contributed by atoms with E-state index in [2.05, 4.69) is 0 Å². The van der Waals surface area contributed by atoms with Crippen LogP contribution in [0.3, 0.4) is 0 Å². The van der Waals surface area contributed by atoms with Gasteiger partial charge in [-0.15, -0.1) is 0 Å². The maximum atomic E-state index is 12.8. The van der Waals surface area contributed by atoms with Crippen molar-refractivity contribution in [3.05, 3.63) is 35.9 Å². The van der Waals surface area contributed by atoms with E-state index in [0.717, 1.165) is 18.5 Å². The fourth-order valence-electron chi connectivity index (χ4n) is 2.99. The Morgan fingerprint density at radius 2 is 1.96 bits per heavy atom. The van der Waals surface area contributed by atoms with Gasteiger partial charge in [-0.3, -0.25) is 0 Å². The van der Waals surface area contributed by atoms with E-state index in [1.54, 1.807) is 24.0 Å². The van der Waals surface area contributed by atoms with Gasteiger partial charge >= 0.3 is 12.0 Å². The Labute approximate surface area is 160 Å². The number of esters is 1. The van der Waals surface area contributed by atoms with Gasteiger partial charge in [-0.1, -0.05) is 30.3 Å². The highest BCUT2D eigenvalue weighted by Gasteiger charge is 2.37. The Balaban J connectivity index is 1.72. The first kappa shape index (κ1) is 21.1. The molecule has 1 aromatic carbocycles. The average molecular weight is 379 g/mol. The van der Waals surface area contributed by atoms with Crippen LogP contribution in [-0.2, 0) is 25.9 Å². The molecule has 1 atom stereocenters. The van der Waals surface area contributed by atoms with E-state index < -0.39 is 6.04 Å². The molecule has 2 amide bonds. The molecule has 1 heterocycles. The summed E-state index contributed by atoms with van der Waals surface area (Å²) in [6, 6.07) is 8.95. The largest absolute Gasteiger partial charge is 0.467 e. The molecule has 2 rings (SSSR count). The smallest absolute Gasteiger partial charge is 0.335 e. The lowest BCUT2D eigenvalue weighted by molar-refractivity contribution is -0.304. The number of amides is 2. The standard InChI is InChI=1S/C19H29N3O5/c1-20(12-8-14-26-27-15-16-9-5-4-6-10-16)19(24)22-17(18(23)25-3)11-7-13-21(22)2/h4-6,9-10,17H,7-8,11-15H2,1-3H3/t17-/m0/s1. The molecule has 8 heteroatoms. The number of hydrogen-bond donors (Lipinski definition) is 0. The highest BCUT2D eigenvalue weighted by atomic mass is 17.2. The highest BCUT2D eigenvalue weighted by Crippen LogP contribution is 2.19. The normalized spacial score (nSPS) is 17.6. The highest BCUT2D eigenvalue weighted by molar-refractivity contribution is 5.83. The van der Waals surface area contributed by atoms with E-state index >= 15 is 0 Å². The molecule has 1 aliphatic heterocycles. The van der Waals surface area contributed by atoms with Crippen LogP contribution in [0.25, 0.3) is 0 Å². The predicted octanol–water partition coefficient (Wildman–Crippen LogP) is 2.06. The van der Waals surface area contributed by atoms with E-state index in [4.69, 9.17) is 14.5 Å². The molecule has 0 unspecified atom stereocenters.